The normalized spacial score (nSPS) is 13.6. The number of hydrogen-bond acceptors (Lipinski definition) is 1. The molecule has 0 aliphatic heterocycles. The maximum Gasteiger partial charge on any atom is 0.135 e. The van der Waals surface area contributed by atoms with Crippen molar-refractivity contribution in [2.75, 3.05) is 0 Å². The SMILES string of the molecule is Cc1cccc2oc3ccc(-c4ccc(-c5ccc6c(c5)C5(c7ccccc7-c7ccccc75)c5ccccc5-6)cc4)cc3c12. The van der Waals surface area contributed by atoms with Crippen LogP contribution in [0, 0.1) is 6.92 Å². The third kappa shape index (κ3) is 3.22. The number of benzene rings is 7. The van der Waals surface area contributed by atoms with E-state index in [1.807, 2.05) is 0 Å². The lowest BCUT2D eigenvalue weighted by atomic mass is 9.70. The van der Waals surface area contributed by atoms with E-state index in [2.05, 4.69) is 159 Å². The Morgan fingerprint density at radius 2 is 0.911 bits per heavy atom. The zero-order valence-corrected chi connectivity index (χ0v) is 24.8. The molecular formula is C44H28O. The van der Waals surface area contributed by atoms with E-state index in [9.17, 15) is 0 Å². The first-order chi connectivity index (χ1) is 22.2. The van der Waals surface area contributed by atoms with Crippen molar-refractivity contribution in [3.63, 3.8) is 0 Å². The van der Waals surface area contributed by atoms with Crippen LogP contribution in [0.4, 0.5) is 0 Å². The molecule has 45 heavy (non-hydrogen) atoms. The second-order valence-electron chi connectivity index (χ2n) is 12.5. The summed E-state index contributed by atoms with van der Waals surface area (Å²) in [4.78, 5) is 0. The predicted octanol–water partition coefficient (Wildman–Crippen LogP) is 11.6. The summed E-state index contributed by atoms with van der Waals surface area (Å²) in [5, 5.41) is 2.37. The van der Waals surface area contributed by atoms with Crippen molar-refractivity contribution in [2.24, 2.45) is 0 Å². The first kappa shape index (κ1) is 24.7. The fraction of sp³-hybridized carbons (Fsp3) is 0.0455. The van der Waals surface area contributed by atoms with Crippen LogP contribution in [0.2, 0.25) is 0 Å². The van der Waals surface area contributed by atoms with E-state index in [1.54, 1.807) is 0 Å². The molecule has 8 aromatic rings. The standard InChI is InChI=1S/C44H28O/c1-27-9-8-16-42-43(27)36-25-30(22-24-41(36)45-42)28-17-19-29(20-18-28)31-21-23-35-34-12-4-7-15-39(34)44(40(35)26-31)37-13-5-2-10-32(37)33-11-3-6-14-38(33)44/h2-26H,1H3. The highest BCUT2D eigenvalue weighted by Gasteiger charge is 2.51. The highest BCUT2D eigenvalue weighted by Crippen LogP contribution is 2.63. The van der Waals surface area contributed by atoms with Gasteiger partial charge in [0.2, 0.25) is 0 Å². The Bertz CT molecular complexity index is 2430. The minimum atomic E-state index is -0.323. The van der Waals surface area contributed by atoms with Gasteiger partial charge in [0.05, 0.1) is 5.41 Å². The molecule has 0 N–H and O–H groups in total. The van der Waals surface area contributed by atoms with Gasteiger partial charge in [0.25, 0.3) is 0 Å². The summed E-state index contributed by atoms with van der Waals surface area (Å²) >= 11 is 0. The average Bonchev–Trinajstić information content (AvgIpc) is 3.72. The lowest BCUT2D eigenvalue weighted by molar-refractivity contribution is 0.669. The van der Waals surface area contributed by atoms with Gasteiger partial charge in [0, 0.05) is 10.8 Å². The van der Waals surface area contributed by atoms with Crippen LogP contribution in [0.5, 0.6) is 0 Å². The number of fused-ring (bicyclic) bond motifs is 13. The van der Waals surface area contributed by atoms with E-state index in [-0.39, 0.29) is 5.41 Å². The van der Waals surface area contributed by atoms with Gasteiger partial charge in [0.15, 0.2) is 0 Å². The molecule has 7 aromatic carbocycles. The number of rotatable bonds is 2. The smallest absolute Gasteiger partial charge is 0.135 e. The van der Waals surface area contributed by atoms with E-state index >= 15 is 0 Å². The molecule has 0 unspecified atom stereocenters. The Labute approximate surface area is 262 Å². The van der Waals surface area contributed by atoms with Crippen molar-refractivity contribution >= 4 is 21.9 Å². The minimum absolute atomic E-state index is 0.323. The third-order valence-corrected chi connectivity index (χ3v) is 10.3. The molecule has 210 valence electrons. The van der Waals surface area contributed by atoms with Crippen LogP contribution in [-0.2, 0) is 5.41 Å². The highest BCUT2D eigenvalue weighted by molar-refractivity contribution is 6.08. The Morgan fingerprint density at radius 1 is 0.400 bits per heavy atom. The summed E-state index contributed by atoms with van der Waals surface area (Å²) in [6, 6.07) is 55.9. The molecule has 2 aliphatic rings. The number of aryl methyl sites for hydroxylation is 1. The van der Waals surface area contributed by atoms with Gasteiger partial charge in [-0.25, -0.2) is 0 Å². The zero-order valence-electron chi connectivity index (χ0n) is 24.8. The van der Waals surface area contributed by atoms with Gasteiger partial charge in [-0.1, -0.05) is 127 Å². The molecule has 0 radical (unpaired) electrons. The highest BCUT2D eigenvalue weighted by atomic mass is 16.3. The first-order valence-corrected chi connectivity index (χ1v) is 15.7. The summed E-state index contributed by atoms with van der Waals surface area (Å²) < 4.78 is 6.14. The van der Waals surface area contributed by atoms with E-state index in [0.717, 1.165) is 11.2 Å². The maximum atomic E-state index is 6.14. The number of furan rings is 1. The van der Waals surface area contributed by atoms with E-state index in [4.69, 9.17) is 4.42 Å². The van der Waals surface area contributed by atoms with Crippen molar-refractivity contribution in [2.45, 2.75) is 12.3 Å². The summed E-state index contributed by atoms with van der Waals surface area (Å²) in [6.45, 7) is 2.15. The van der Waals surface area contributed by atoms with Crippen LogP contribution >= 0.6 is 0 Å². The largest absolute Gasteiger partial charge is 0.456 e. The fourth-order valence-electron chi connectivity index (χ4n) is 8.31. The van der Waals surface area contributed by atoms with Crippen molar-refractivity contribution in [3.8, 4) is 44.5 Å². The van der Waals surface area contributed by atoms with Crippen LogP contribution in [0.15, 0.2) is 156 Å². The molecule has 0 saturated heterocycles. The first-order valence-electron chi connectivity index (χ1n) is 15.7. The monoisotopic (exact) mass is 572 g/mol. The van der Waals surface area contributed by atoms with Gasteiger partial charge in [-0.2, -0.15) is 0 Å². The number of hydrogen-bond donors (Lipinski definition) is 0. The quantitative estimate of drug-likeness (QED) is 0.201. The van der Waals surface area contributed by atoms with Crippen LogP contribution < -0.4 is 0 Å². The van der Waals surface area contributed by atoms with Crippen molar-refractivity contribution in [1.29, 1.82) is 0 Å². The van der Waals surface area contributed by atoms with Gasteiger partial charge < -0.3 is 4.42 Å². The fourth-order valence-corrected chi connectivity index (χ4v) is 8.31. The van der Waals surface area contributed by atoms with E-state index in [1.165, 1.54) is 83.1 Å². The molecule has 0 fully saturated rings. The van der Waals surface area contributed by atoms with Gasteiger partial charge in [-0.15, -0.1) is 0 Å². The van der Waals surface area contributed by atoms with Crippen LogP contribution in [0.1, 0.15) is 27.8 Å². The lowest BCUT2D eigenvalue weighted by Crippen LogP contribution is -2.25. The Morgan fingerprint density at radius 3 is 1.53 bits per heavy atom. The van der Waals surface area contributed by atoms with Crippen molar-refractivity contribution in [1.82, 2.24) is 0 Å². The van der Waals surface area contributed by atoms with Crippen LogP contribution in [0.3, 0.4) is 0 Å². The molecular weight excluding hydrogens is 544 g/mol. The van der Waals surface area contributed by atoms with Crippen molar-refractivity contribution in [3.05, 3.63) is 179 Å². The molecule has 1 nitrogen and oxygen atoms in total. The van der Waals surface area contributed by atoms with Gasteiger partial charge in [0.1, 0.15) is 11.2 Å². The zero-order chi connectivity index (χ0) is 29.7. The predicted molar refractivity (Wildman–Crippen MR) is 186 cm³/mol. The summed E-state index contributed by atoms with van der Waals surface area (Å²) in [5.41, 5.74) is 18.5. The molecule has 1 heterocycles. The molecule has 1 heteroatoms. The van der Waals surface area contributed by atoms with E-state index < -0.39 is 0 Å². The minimum Gasteiger partial charge on any atom is -0.456 e. The second-order valence-corrected chi connectivity index (χ2v) is 12.5. The Kier molecular flexibility index (Phi) is 4.91. The maximum absolute atomic E-state index is 6.14. The van der Waals surface area contributed by atoms with Gasteiger partial charge in [-0.3, -0.25) is 0 Å². The molecule has 1 spiro atoms. The Hall–Kier alpha value is -5.66. The molecule has 0 saturated carbocycles. The molecule has 2 aliphatic carbocycles. The molecule has 0 atom stereocenters. The summed E-state index contributed by atoms with van der Waals surface area (Å²) in [7, 11) is 0. The lowest BCUT2D eigenvalue weighted by Gasteiger charge is -2.30. The van der Waals surface area contributed by atoms with Crippen LogP contribution in [0.25, 0.3) is 66.4 Å². The second kappa shape index (κ2) is 8.94. The molecule has 10 rings (SSSR count). The molecule has 0 bridgehead atoms. The van der Waals surface area contributed by atoms with Gasteiger partial charge >= 0.3 is 0 Å². The molecule has 1 aromatic heterocycles. The van der Waals surface area contributed by atoms with Crippen molar-refractivity contribution < 1.29 is 4.42 Å². The average molecular weight is 573 g/mol. The summed E-state index contributed by atoms with van der Waals surface area (Å²) in [6.07, 6.45) is 0. The van der Waals surface area contributed by atoms with E-state index in [0.29, 0.717) is 0 Å². The third-order valence-electron chi connectivity index (χ3n) is 10.3. The Balaban J connectivity index is 1.12. The topological polar surface area (TPSA) is 13.1 Å². The van der Waals surface area contributed by atoms with Gasteiger partial charge in [-0.05, 0) is 104 Å². The van der Waals surface area contributed by atoms with Crippen LogP contribution in [-0.4, -0.2) is 0 Å². The summed E-state index contributed by atoms with van der Waals surface area (Å²) in [5.74, 6) is 0. The molecule has 0 amide bonds.